The molecule has 2 nitrogen and oxygen atoms in total. The number of nitrogens with zero attached hydrogens (tertiary/aromatic N) is 1. The van der Waals surface area contributed by atoms with E-state index < -0.39 is 0 Å². The van der Waals surface area contributed by atoms with Crippen molar-refractivity contribution in [2.24, 2.45) is 17.6 Å². The van der Waals surface area contributed by atoms with E-state index in [9.17, 15) is 4.39 Å². The minimum atomic E-state index is -0.199. The van der Waals surface area contributed by atoms with E-state index in [0.29, 0.717) is 18.3 Å². The Kier molecular flexibility index (Phi) is 3.95. The first-order chi connectivity index (χ1) is 5.77. The summed E-state index contributed by atoms with van der Waals surface area (Å²) in [6, 6.07) is 0. The van der Waals surface area contributed by atoms with Crippen molar-refractivity contribution in [1.82, 2.24) is 4.90 Å². The Balaban J connectivity index is 2.40. The van der Waals surface area contributed by atoms with Crippen LogP contribution in [0.4, 0.5) is 4.39 Å². The van der Waals surface area contributed by atoms with E-state index in [1.807, 2.05) is 0 Å². The molecule has 1 fully saturated rings. The van der Waals surface area contributed by atoms with Crippen LogP contribution in [0.15, 0.2) is 0 Å². The van der Waals surface area contributed by atoms with Crippen LogP contribution >= 0.6 is 0 Å². The molecule has 0 spiro atoms. The zero-order chi connectivity index (χ0) is 8.97. The number of alkyl halides is 1. The highest BCUT2D eigenvalue weighted by Gasteiger charge is 2.25. The van der Waals surface area contributed by atoms with Gasteiger partial charge in [0.05, 0.1) is 6.67 Å². The first-order valence-corrected chi connectivity index (χ1v) is 4.72. The molecule has 0 aromatic carbocycles. The monoisotopic (exact) mass is 174 g/mol. The molecule has 0 amide bonds. The van der Waals surface area contributed by atoms with Crippen molar-refractivity contribution >= 4 is 0 Å². The van der Waals surface area contributed by atoms with Crippen LogP contribution in [-0.2, 0) is 0 Å². The molecule has 12 heavy (non-hydrogen) atoms. The molecule has 0 bridgehead atoms. The predicted molar refractivity (Wildman–Crippen MR) is 48.7 cm³/mol. The van der Waals surface area contributed by atoms with E-state index in [-0.39, 0.29) is 6.67 Å². The molecule has 0 aromatic heterocycles. The van der Waals surface area contributed by atoms with E-state index >= 15 is 0 Å². The maximum absolute atomic E-state index is 12.2. The van der Waals surface area contributed by atoms with Crippen molar-refractivity contribution in [3.05, 3.63) is 0 Å². The fourth-order valence-corrected chi connectivity index (χ4v) is 2.04. The predicted octanol–water partition coefficient (Wildman–Crippen LogP) is 0.873. The van der Waals surface area contributed by atoms with Crippen molar-refractivity contribution in [2.45, 2.75) is 12.8 Å². The molecular formula is C9H19FN2. The summed E-state index contributed by atoms with van der Waals surface area (Å²) >= 11 is 0. The van der Waals surface area contributed by atoms with Gasteiger partial charge in [-0.2, -0.15) is 0 Å². The Bertz CT molecular complexity index is 130. The van der Waals surface area contributed by atoms with Gasteiger partial charge >= 0.3 is 0 Å². The molecule has 3 heteroatoms. The second-order valence-electron chi connectivity index (χ2n) is 3.78. The molecule has 1 aliphatic rings. The van der Waals surface area contributed by atoms with Gasteiger partial charge < -0.3 is 10.6 Å². The Morgan fingerprint density at radius 2 is 2.25 bits per heavy atom. The van der Waals surface area contributed by atoms with Crippen LogP contribution < -0.4 is 5.73 Å². The zero-order valence-corrected chi connectivity index (χ0v) is 7.80. The van der Waals surface area contributed by atoms with Gasteiger partial charge in [-0.3, -0.25) is 4.39 Å². The van der Waals surface area contributed by atoms with E-state index in [1.165, 1.54) is 0 Å². The van der Waals surface area contributed by atoms with Gasteiger partial charge in [0.15, 0.2) is 0 Å². The molecule has 1 saturated heterocycles. The molecule has 72 valence electrons. The molecule has 0 saturated carbocycles. The molecule has 1 heterocycles. The lowest BCUT2D eigenvalue weighted by atomic mass is 9.84. The van der Waals surface area contributed by atoms with Crippen LogP contribution in [0.3, 0.4) is 0 Å². The van der Waals surface area contributed by atoms with Gasteiger partial charge in [0.2, 0.25) is 0 Å². The summed E-state index contributed by atoms with van der Waals surface area (Å²) < 4.78 is 12.2. The van der Waals surface area contributed by atoms with Crippen LogP contribution in [-0.4, -0.2) is 38.3 Å². The molecule has 2 N–H and O–H groups in total. The SMILES string of the molecule is CN1CCC(CN)C(CCF)C1. The van der Waals surface area contributed by atoms with Gasteiger partial charge in [-0.15, -0.1) is 0 Å². The second-order valence-corrected chi connectivity index (χ2v) is 3.78. The standard InChI is InChI=1S/C9H19FN2/c1-12-5-3-8(6-11)9(7-12)2-4-10/h8-9H,2-7,11H2,1H3. The van der Waals surface area contributed by atoms with E-state index in [0.717, 1.165) is 26.1 Å². The van der Waals surface area contributed by atoms with Crippen molar-refractivity contribution < 1.29 is 4.39 Å². The number of likely N-dealkylation sites (tertiary alicyclic amines) is 1. The third-order valence-corrected chi connectivity index (χ3v) is 2.88. The Labute approximate surface area is 73.9 Å². The van der Waals surface area contributed by atoms with E-state index in [4.69, 9.17) is 5.73 Å². The van der Waals surface area contributed by atoms with Crippen LogP contribution in [0.1, 0.15) is 12.8 Å². The highest BCUT2D eigenvalue weighted by atomic mass is 19.1. The van der Waals surface area contributed by atoms with Crippen LogP contribution in [0.25, 0.3) is 0 Å². The smallest absolute Gasteiger partial charge is 0.0897 e. The molecular weight excluding hydrogens is 155 g/mol. The highest BCUT2D eigenvalue weighted by molar-refractivity contribution is 4.79. The van der Waals surface area contributed by atoms with Gasteiger partial charge in [-0.05, 0) is 44.8 Å². The second kappa shape index (κ2) is 4.77. The zero-order valence-electron chi connectivity index (χ0n) is 7.80. The summed E-state index contributed by atoms with van der Waals surface area (Å²) in [6.45, 7) is 2.66. The number of piperidine rings is 1. The van der Waals surface area contributed by atoms with Crippen molar-refractivity contribution in [2.75, 3.05) is 33.4 Å². The summed E-state index contributed by atoms with van der Waals surface area (Å²) in [5, 5.41) is 0. The summed E-state index contributed by atoms with van der Waals surface area (Å²) in [6.07, 6.45) is 1.82. The van der Waals surface area contributed by atoms with E-state index in [1.54, 1.807) is 0 Å². The molecule has 1 aliphatic heterocycles. The number of hydrogen-bond acceptors (Lipinski definition) is 2. The lowest BCUT2D eigenvalue weighted by Crippen LogP contribution is -2.41. The lowest BCUT2D eigenvalue weighted by molar-refractivity contribution is 0.133. The minimum absolute atomic E-state index is 0.199. The molecule has 0 aliphatic carbocycles. The van der Waals surface area contributed by atoms with Crippen molar-refractivity contribution in [3.63, 3.8) is 0 Å². The number of rotatable bonds is 3. The minimum Gasteiger partial charge on any atom is -0.330 e. The summed E-state index contributed by atoms with van der Waals surface area (Å²) in [5.41, 5.74) is 5.63. The molecule has 2 unspecified atom stereocenters. The lowest BCUT2D eigenvalue weighted by Gasteiger charge is -2.35. The first-order valence-electron chi connectivity index (χ1n) is 4.72. The molecule has 1 rings (SSSR count). The quantitative estimate of drug-likeness (QED) is 0.688. The third kappa shape index (κ3) is 2.42. The van der Waals surface area contributed by atoms with Crippen LogP contribution in [0.5, 0.6) is 0 Å². The topological polar surface area (TPSA) is 29.3 Å². The fourth-order valence-electron chi connectivity index (χ4n) is 2.04. The van der Waals surface area contributed by atoms with Crippen molar-refractivity contribution in [3.8, 4) is 0 Å². The summed E-state index contributed by atoms with van der Waals surface area (Å²) in [4.78, 5) is 2.27. The largest absolute Gasteiger partial charge is 0.330 e. The van der Waals surface area contributed by atoms with Crippen LogP contribution in [0.2, 0.25) is 0 Å². The Hall–Kier alpha value is -0.150. The molecule has 2 atom stereocenters. The van der Waals surface area contributed by atoms with Gasteiger partial charge in [0.25, 0.3) is 0 Å². The van der Waals surface area contributed by atoms with Crippen LogP contribution in [0, 0.1) is 11.8 Å². The summed E-state index contributed by atoms with van der Waals surface area (Å²) in [5.74, 6) is 1.04. The van der Waals surface area contributed by atoms with Gasteiger partial charge in [-0.25, -0.2) is 0 Å². The summed E-state index contributed by atoms with van der Waals surface area (Å²) in [7, 11) is 2.10. The van der Waals surface area contributed by atoms with Crippen molar-refractivity contribution in [1.29, 1.82) is 0 Å². The Morgan fingerprint density at radius 3 is 2.83 bits per heavy atom. The van der Waals surface area contributed by atoms with Gasteiger partial charge in [0.1, 0.15) is 0 Å². The van der Waals surface area contributed by atoms with Gasteiger partial charge in [-0.1, -0.05) is 0 Å². The maximum Gasteiger partial charge on any atom is 0.0897 e. The maximum atomic E-state index is 12.2. The normalized spacial score (nSPS) is 32.2. The Morgan fingerprint density at radius 1 is 1.50 bits per heavy atom. The van der Waals surface area contributed by atoms with Gasteiger partial charge in [0, 0.05) is 6.54 Å². The average Bonchev–Trinajstić information content (AvgIpc) is 2.05. The van der Waals surface area contributed by atoms with E-state index in [2.05, 4.69) is 11.9 Å². The third-order valence-electron chi connectivity index (χ3n) is 2.88. The molecule has 0 aromatic rings. The fraction of sp³-hybridized carbons (Fsp3) is 1.00. The number of nitrogens with two attached hydrogens (primary N) is 1. The molecule has 0 radical (unpaired) electrons. The number of halogens is 1. The first kappa shape index (κ1) is 9.93. The highest BCUT2D eigenvalue weighted by Crippen LogP contribution is 2.24. The number of hydrogen-bond donors (Lipinski definition) is 1. The average molecular weight is 174 g/mol.